The van der Waals surface area contributed by atoms with Gasteiger partial charge in [-0.1, -0.05) is 181 Å². The van der Waals surface area contributed by atoms with Crippen molar-refractivity contribution in [1.29, 1.82) is 0 Å². The molecule has 12 nitrogen and oxygen atoms in total. The van der Waals surface area contributed by atoms with E-state index in [0.717, 1.165) is 75.6 Å². The number of carbonyl (C=O) groups excluding carboxylic acids is 4. The summed E-state index contributed by atoms with van der Waals surface area (Å²) in [6.07, 6.45) is 39.8. The average molecular weight is 951 g/mol. The molecule has 0 aliphatic carbocycles. The number of rotatable bonds is 44. The van der Waals surface area contributed by atoms with Gasteiger partial charge in [0.25, 0.3) is 0 Å². The Bertz CT molecular complexity index is 1360. The maximum absolute atomic E-state index is 13.4. The summed E-state index contributed by atoms with van der Waals surface area (Å²) in [5.74, 6) is 0.255. The van der Waals surface area contributed by atoms with Gasteiger partial charge in [0.2, 0.25) is 23.6 Å². The first-order valence-electron chi connectivity index (χ1n) is 28.4. The van der Waals surface area contributed by atoms with Crippen LogP contribution in [0.15, 0.2) is 24.3 Å². The summed E-state index contributed by atoms with van der Waals surface area (Å²) in [7, 11) is 0. The third-order valence-electron chi connectivity index (χ3n) is 14.2. The van der Waals surface area contributed by atoms with Crippen molar-refractivity contribution in [3.8, 4) is 0 Å². The fourth-order valence-electron chi connectivity index (χ4n) is 10.0. The summed E-state index contributed by atoms with van der Waals surface area (Å²) in [4.78, 5) is 60.7. The molecule has 0 radical (unpaired) electrons. The molecule has 2 aliphatic rings. The predicted molar refractivity (Wildman–Crippen MR) is 285 cm³/mol. The first kappa shape index (κ1) is 59.2. The third-order valence-corrected chi connectivity index (χ3v) is 14.2. The van der Waals surface area contributed by atoms with Gasteiger partial charge >= 0.3 is 0 Å². The van der Waals surface area contributed by atoms with Crippen molar-refractivity contribution >= 4 is 35.0 Å². The molecule has 68 heavy (non-hydrogen) atoms. The highest BCUT2D eigenvalue weighted by Gasteiger charge is 2.33. The molecule has 0 spiro atoms. The molecule has 2 fully saturated rings. The van der Waals surface area contributed by atoms with Crippen molar-refractivity contribution in [1.82, 2.24) is 20.4 Å². The highest BCUT2D eigenvalue weighted by atomic mass is 16.2. The highest BCUT2D eigenvalue weighted by Crippen LogP contribution is 2.26. The van der Waals surface area contributed by atoms with E-state index < -0.39 is 0 Å². The van der Waals surface area contributed by atoms with Crippen LogP contribution in [0, 0.1) is 0 Å². The van der Waals surface area contributed by atoms with Crippen molar-refractivity contribution in [3.63, 3.8) is 0 Å². The van der Waals surface area contributed by atoms with Crippen molar-refractivity contribution in [3.05, 3.63) is 24.3 Å². The van der Waals surface area contributed by atoms with Crippen LogP contribution in [0.4, 0.5) is 11.4 Å². The topological polar surface area (TPSA) is 157 Å². The number of carbonyl (C=O) groups is 4. The van der Waals surface area contributed by atoms with Crippen LogP contribution in [0.3, 0.4) is 0 Å². The number of anilines is 2. The molecule has 0 bridgehead atoms. The number of hydrogen-bond acceptors (Lipinski definition) is 8. The van der Waals surface area contributed by atoms with Gasteiger partial charge in [-0.25, -0.2) is 0 Å². The van der Waals surface area contributed by atoms with Crippen LogP contribution < -0.4 is 31.9 Å². The minimum Gasteiger partial charge on any atom is -0.352 e. The Morgan fingerprint density at radius 2 is 0.750 bits per heavy atom. The van der Waals surface area contributed by atoms with E-state index in [0.29, 0.717) is 65.4 Å². The summed E-state index contributed by atoms with van der Waals surface area (Å²) >= 11 is 0. The van der Waals surface area contributed by atoms with Gasteiger partial charge in [0.1, 0.15) is 0 Å². The SMILES string of the molecule is CCCCCCCCCCCCCCCC(=O)N[C@@H](CCCCN)CN1CC(=O)N(c2ccc(N3CN(C[C@H](CCCCN)NC(=O)CCCCCCCCCCCCCCC)CC3=O)cc2)C1. The lowest BCUT2D eigenvalue weighted by Crippen LogP contribution is -2.43. The molecule has 390 valence electrons. The molecule has 4 amide bonds. The van der Waals surface area contributed by atoms with E-state index in [4.69, 9.17) is 11.5 Å². The first-order valence-corrected chi connectivity index (χ1v) is 28.4. The second-order valence-corrected chi connectivity index (χ2v) is 20.5. The van der Waals surface area contributed by atoms with E-state index in [9.17, 15) is 19.2 Å². The average Bonchev–Trinajstić information content (AvgIpc) is 3.89. The maximum atomic E-state index is 13.4. The Morgan fingerprint density at radius 1 is 0.456 bits per heavy atom. The van der Waals surface area contributed by atoms with Crippen LogP contribution in [0.2, 0.25) is 0 Å². The van der Waals surface area contributed by atoms with E-state index >= 15 is 0 Å². The molecule has 0 unspecified atom stereocenters. The van der Waals surface area contributed by atoms with Gasteiger partial charge in [-0.2, -0.15) is 0 Å². The van der Waals surface area contributed by atoms with Crippen LogP contribution in [-0.2, 0) is 19.2 Å². The van der Waals surface area contributed by atoms with Crippen molar-refractivity contribution in [2.75, 3.05) is 62.4 Å². The molecule has 6 N–H and O–H groups in total. The minimum absolute atomic E-state index is 0.0250. The number of hydrogen-bond donors (Lipinski definition) is 4. The van der Waals surface area contributed by atoms with Crippen LogP contribution >= 0.6 is 0 Å². The predicted octanol–water partition coefficient (Wildman–Crippen LogP) is 11.1. The maximum Gasteiger partial charge on any atom is 0.242 e. The van der Waals surface area contributed by atoms with Crippen molar-refractivity contribution in [2.24, 2.45) is 11.5 Å². The molecular weight excluding hydrogens is 849 g/mol. The Morgan fingerprint density at radius 3 is 1.04 bits per heavy atom. The number of amides is 4. The van der Waals surface area contributed by atoms with Crippen molar-refractivity contribution in [2.45, 2.75) is 244 Å². The Hall–Kier alpha value is -3.06. The normalized spacial score (nSPS) is 15.5. The second-order valence-electron chi connectivity index (χ2n) is 20.5. The largest absolute Gasteiger partial charge is 0.352 e. The van der Waals surface area contributed by atoms with Crippen LogP contribution in [-0.4, -0.2) is 98.1 Å². The number of benzene rings is 1. The van der Waals surface area contributed by atoms with Gasteiger partial charge in [0, 0.05) is 49.4 Å². The summed E-state index contributed by atoms with van der Waals surface area (Å²) in [6.45, 7) is 8.51. The fraction of sp³-hybridized carbons (Fsp3) is 0.821. The summed E-state index contributed by atoms with van der Waals surface area (Å²) in [6, 6.07) is 7.63. The lowest BCUT2D eigenvalue weighted by Gasteiger charge is -2.25. The summed E-state index contributed by atoms with van der Waals surface area (Å²) in [5, 5.41) is 6.60. The van der Waals surface area contributed by atoms with Gasteiger partial charge in [-0.05, 0) is 75.9 Å². The molecule has 1 aromatic rings. The number of nitrogens with two attached hydrogens (primary N) is 2. The fourth-order valence-corrected chi connectivity index (χ4v) is 10.0. The van der Waals surface area contributed by atoms with Crippen LogP contribution in [0.25, 0.3) is 0 Å². The molecule has 0 saturated carbocycles. The quantitative estimate of drug-likeness (QED) is 0.0471. The molecule has 2 heterocycles. The van der Waals surface area contributed by atoms with Gasteiger partial charge in [0.15, 0.2) is 0 Å². The second kappa shape index (κ2) is 38.7. The van der Waals surface area contributed by atoms with Gasteiger partial charge in [-0.15, -0.1) is 0 Å². The molecule has 3 rings (SSSR count). The summed E-state index contributed by atoms with van der Waals surface area (Å²) < 4.78 is 0. The zero-order valence-electron chi connectivity index (χ0n) is 43.7. The highest BCUT2D eigenvalue weighted by molar-refractivity contribution is 5.98. The Balaban J connectivity index is 1.38. The first-order chi connectivity index (χ1) is 33.3. The van der Waals surface area contributed by atoms with E-state index in [2.05, 4.69) is 34.3 Å². The lowest BCUT2D eigenvalue weighted by atomic mass is 10.0. The van der Waals surface area contributed by atoms with Crippen molar-refractivity contribution < 1.29 is 19.2 Å². The molecule has 1 aromatic carbocycles. The number of nitrogens with zero attached hydrogens (tertiary/aromatic N) is 4. The van der Waals surface area contributed by atoms with Crippen LogP contribution in [0.5, 0.6) is 0 Å². The van der Waals surface area contributed by atoms with E-state index in [1.165, 1.54) is 141 Å². The minimum atomic E-state index is -0.0343. The molecule has 2 saturated heterocycles. The van der Waals surface area contributed by atoms with Gasteiger partial charge in [-0.3, -0.25) is 38.8 Å². The molecule has 0 aromatic heterocycles. The number of nitrogens with one attached hydrogen (secondary N) is 2. The zero-order valence-corrected chi connectivity index (χ0v) is 43.7. The zero-order chi connectivity index (χ0) is 48.9. The molecule has 2 aliphatic heterocycles. The third kappa shape index (κ3) is 26.8. The Labute approximate surface area is 415 Å². The van der Waals surface area contributed by atoms with E-state index in [1.54, 1.807) is 9.80 Å². The molecule has 12 heteroatoms. The van der Waals surface area contributed by atoms with Gasteiger partial charge in [0.05, 0.1) is 26.4 Å². The monoisotopic (exact) mass is 951 g/mol. The molecule has 2 atom stereocenters. The summed E-state index contributed by atoms with van der Waals surface area (Å²) in [5.41, 5.74) is 13.2. The lowest BCUT2D eigenvalue weighted by molar-refractivity contribution is -0.123. The standard InChI is InChI=1S/C56H102N8O4/c1-3-5-7-9-11-13-15-17-19-21-23-25-27-35-53(65)59-49(33-29-31-41-57)43-61-45-55(67)63(47-61)51-37-39-52(40-38-51)64-48-62(46-56(64)68)44-50(34-30-32-42-58)60-54(66)36-28-26-24-22-20-18-16-14-12-10-8-6-4-2/h37-40,49-50H,3-36,41-48,57-58H2,1-2H3,(H,59,65)(H,60,66)/t49-,50-/m0/s1. The van der Waals surface area contributed by atoms with E-state index in [-0.39, 0.29) is 35.7 Å². The van der Waals surface area contributed by atoms with E-state index in [1.807, 2.05) is 24.3 Å². The smallest absolute Gasteiger partial charge is 0.242 e. The number of unbranched alkanes of at least 4 members (excludes halogenated alkanes) is 26. The van der Waals surface area contributed by atoms with Gasteiger partial charge < -0.3 is 22.1 Å². The Kier molecular flexibility index (Phi) is 33.7. The van der Waals surface area contributed by atoms with Crippen LogP contribution in [0.1, 0.15) is 232 Å². The molecular formula is C56H102N8O4.